The van der Waals surface area contributed by atoms with Crippen molar-refractivity contribution in [3.63, 3.8) is 0 Å². The molecule has 0 saturated heterocycles. The largest absolute Gasteiger partial charge is 0.457 e. The van der Waals surface area contributed by atoms with Gasteiger partial charge >= 0.3 is 0 Å². The minimum absolute atomic E-state index is 0.587. The van der Waals surface area contributed by atoms with E-state index in [0.29, 0.717) is 0 Å². The van der Waals surface area contributed by atoms with Crippen LogP contribution >= 0.6 is 0 Å². The average Bonchev–Trinajstić information content (AvgIpc) is 3.84. The molecule has 2 heterocycles. The summed E-state index contributed by atoms with van der Waals surface area (Å²) < 4.78 is 13.3. The molecule has 10 aromatic carbocycles. The van der Waals surface area contributed by atoms with Gasteiger partial charge in [0.1, 0.15) is 22.7 Å². The van der Waals surface area contributed by atoms with Crippen LogP contribution < -0.4 is 9.64 Å². The van der Waals surface area contributed by atoms with Crippen LogP contribution in [0.3, 0.4) is 0 Å². The molecule has 13 rings (SSSR count). The highest BCUT2D eigenvalue weighted by Gasteiger charge is 2.51. The maximum Gasteiger partial charge on any atom is 0.143 e. The molecule has 3 heteroatoms. The molecule has 11 aromatic rings. The monoisotopic (exact) mass is 765 g/mol. The van der Waals surface area contributed by atoms with Crippen molar-refractivity contribution in [3.8, 4) is 33.8 Å². The van der Waals surface area contributed by atoms with Gasteiger partial charge < -0.3 is 14.1 Å². The highest BCUT2D eigenvalue weighted by molar-refractivity contribution is 6.17. The van der Waals surface area contributed by atoms with Gasteiger partial charge in [0.2, 0.25) is 0 Å². The van der Waals surface area contributed by atoms with Crippen molar-refractivity contribution >= 4 is 60.5 Å². The third-order valence-electron chi connectivity index (χ3n) is 12.9. The summed E-state index contributed by atoms with van der Waals surface area (Å²) in [6.45, 7) is 0. The van der Waals surface area contributed by atoms with E-state index in [1.807, 2.05) is 6.07 Å². The molecule has 1 aliphatic heterocycles. The van der Waals surface area contributed by atoms with E-state index in [9.17, 15) is 0 Å². The van der Waals surface area contributed by atoms with Gasteiger partial charge in [-0.05, 0) is 98.8 Å². The molecule has 0 amide bonds. The Labute approximate surface area is 347 Å². The van der Waals surface area contributed by atoms with E-state index in [2.05, 4.69) is 211 Å². The number of benzene rings is 10. The first-order chi connectivity index (χ1) is 29.8. The molecular weight excluding hydrogens is 731 g/mol. The summed E-state index contributed by atoms with van der Waals surface area (Å²) in [6, 6.07) is 76.8. The number of rotatable bonds is 4. The van der Waals surface area contributed by atoms with Crippen LogP contribution in [0.2, 0.25) is 0 Å². The molecule has 0 fully saturated rings. The fraction of sp³-hybridized carbons (Fsp3) is 0.0175. The molecule has 0 N–H and O–H groups in total. The Kier molecular flexibility index (Phi) is 6.93. The van der Waals surface area contributed by atoms with Gasteiger partial charge in [-0.3, -0.25) is 0 Å². The van der Waals surface area contributed by atoms with Gasteiger partial charge in [-0.25, -0.2) is 0 Å². The number of hydrogen-bond acceptors (Lipinski definition) is 3. The van der Waals surface area contributed by atoms with E-state index < -0.39 is 5.41 Å². The summed E-state index contributed by atoms with van der Waals surface area (Å²) in [4.78, 5) is 2.43. The van der Waals surface area contributed by atoms with Crippen LogP contribution in [0.4, 0.5) is 17.1 Å². The fourth-order valence-corrected chi connectivity index (χ4v) is 10.4. The predicted octanol–water partition coefficient (Wildman–Crippen LogP) is 15.5. The zero-order valence-corrected chi connectivity index (χ0v) is 32.5. The van der Waals surface area contributed by atoms with E-state index >= 15 is 0 Å². The van der Waals surface area contributed by atoms with Crippen LogP contribution in [0.25, 0.3) is 65.7 Å². The number of hydrogen-bond donors (Lipinski definition) is 0. The number of nitrogens with zero attached hydrogens (tertiary/aromatic N) is 1. The third-order valence-corrected chi connectivity index (χ3v) is 12.9. The number of para-hydroxylation sites is 3. The van der Waals surface area contributed by atoms with E-state index in [1.54, 1.807) is 0 Å². The Morgan fingerprint density at radius 2 is 0.950 bits per heavy atom. The number of fused-ring (bicyclic) bond motifs is 15. The van der Waals surface area contributed by atoms with Crippen molar-refractivity contribution in [2.75, 3.05) is 4.90 Å². The lowest BCUT2D eigenvalue weighted by molar-refractivity contribution is 0.436. The first-order valence-electron chi connectivity index (χ1n) is 20.6. The van der Waals surface area contributed by atoms with Crippen molar-refractivity contribution in [1.29, 1.82) is 0 Å². The topological polar surface area (TPSA) is 25.6 Å². The summed E-state index contributed by atoms with van der Waals surface area (Å²) >= 11 is 0. The molecule has 0 radical (unpaired) electrons. The second-order valence-corrected chi connectivity index (χ2v) is 15.9. The van der Waals surface area contributed by atoms with Gasteiger partial charge in [0.05, 0.1) is 11.1 Å². The minimum atomic E-state index is -0.587. The molecule has 1 aliphatic carbocycles. The maximum atomic E-state index is 6.67. The molecular formula is C57H35NO2. The van der Waals surface area contributed by atoms with Crippen LogP contribution in [-0.4, -0.2) is 0 Å². The summed E-state index contributed by atoms with van der Waals surface area (Å²) in [5.74, 6) is 1.77. The van der Waals surface area contributed by atoms with Crippen molar-refractivity contribution < 1.29 is 9.15 Å². The van der Waals surface area contributed by atoms with Gasteiger partial charge in [-0.15, -0.1) is 0 Å². The van der Waals surface area contributed by atoms with Crippen LogP contribution in [-0.2, 0) is 5.41 Å². The quantitative estimate of drug-likeness (QED) is 0.178. The van der Waals surface area contributed by atoms with E-state index in [-0.39, 0.29) is 0 Å². The molecule has 0 unspecified atom stereocenters. The van der Waals surface area contributed by atoms with Crippen LogP contribution in [0, 0.1) is 0 Å². The SMILES string of the molecule is c1ccc2c(c1)Oc1ccccc1C21c2ccccc2-c2ccc(N(c3ccc(-c4cccc5ccccc45)cc3)c3cccc4c3ccc3c5ccccc5oc43)cc21. The highest BCUT2D eigenvalue weighted by atomic mass is 16.5. The Bertz CT molecular complexity index is 3490. The number of furan rings is 1. The van der Waals surface area contributed by atoms with Gasteiger partial charge in [-0.2, -0.15) is 0 Å². The number of anilines is 3. The van der Waals surface area contributed by atoms with Crippen molar-refractivity contribution in [3.05, 3.63) is 235 Å². The van der Waals surface area contributed by atoms with Crippen LogP contribution in [0.15, 0.2) is 217 Å². The highest BCUT2D eigenvalue weighted by Crippen LogP contribution is 2.62. The second kappa shape index (κ2) is 12.6. The maximum absolute atomic E-state index is 6.67. The molecule has 1 aromatic heterocycles. The Balaban J connectivity index is 1.07. The standard InChI is InChI=1S/C57H35NO2/c1-2-15-40-36(13-1)14-11-18-41(40)37-27-29-38(30-28-37)58(52-23-12-19-46-44(52)33-34-47-45-17-4-8-24-53(45)60-56(46)47)39-31-32-43-42-16-3-5-20-48(42)57(51(43)35-39)49-21-6-9-25-54(49)59-55-26-10-7-22-50(55)57/h1-35H. The van der Waals surface area contributed by atoms with Crippen LogP contribution in [0.5, 0.6) is 11.5 Å². The van der Waals surface area contributed by atoms with Gasteiger partial charge in [0.25, 0.3) is 0 Å². The predicted molar refractivity (Wildman–Crippen MR) is 246 cm³/mol. The van der Waals surface area contributed by atoms with Crippen molar-refractivity contribution in [2.45, 2.75) is 5.41 Å². The molecule has 280 valence electrons. The van der Waals surface area contributed by atoms with Gasteiger partial charge in [0, 0.05) is 44.0 Å². The third kappa shape index (κ3) is 4.54. The summed E-state index contributed by atoms with van der Waals surface area (Å²) in [6.07, 6.45) is 0. The normalized spacial score (nSPS) is 13.3. The molecule has 0 saturated carbocycles. The first-order valence-corrected chi connectivity index (χ1v) is 20.6. The number of ether oxygens (including phenoxy) is 1. The van der Waals surface area contributed by atoms with E-state index in [1.165, 1.54) is 44.2 Å². The lowest BCUT2D eigenvalue weighted by Crippen LogP contribution is -2.32. The van der Waals surface area contributed by atoms with Gasteiger partial charge in [-0.1, -0.05) is 158 Å². The molecule has 1 spiro atoms. The molecule has 0 bridgehead atoms. The van der Waals surface area contributed by atoms with Crippen molar-refractivity contribution in [2.24, 2.45) is 0 Å². The summed E-state index contributed by atoms with van der Waals surface area (Å²) in [5, 5.41) is 6.92. The van der Waals surface area contributed by atoms with E-state index in [4.69, 9.17) is 9.15 Å². The lowest BCUT2D eigenvalue weighted by Gasteiger charge is -2.39. The first kappa shape index (κ1) is 33.1. The zero-order chi connectivity index (χ0) is 39.4. The summed E-state index contributed by atoms with van der Waals surface area (Å²) in [7, 11) is 0. The lowest BCUT2D eigenvalue weighted by atomic mass is 9.66. The molecule has 2 aliphatic rings. The smallest absolute Gasteiger partial charge is 0.143 e. The van der Waals surface area contributed by atoms with Crippen molar-refractivity contribution in [1.82, 2.24) is 0 Å². The Hall–Kier alpha value is -7.88. The average molecular weight is 766 g/mol. The minimum Gasteiger partial charge on any atom is -0.457 e. The fourth-order valence-electron chi connectivity index (χ4n) is 10.4. The van der Waals surface area contributed by atoms with E-state index in [0.717, 1.165) is 72.4 Å². The zero-order valence-electron chi connectivity index (χ0n) is 32.5. The molecule has 0 atom stereocenters. The molecule has 60 heavy (non-hydrogen) atoms. The van der Waals surface area contributed by atoms with Crippen LogP contribution in [0.1, 0.15) is 22.3 Å². The second-order valence-electron chi connectivity index (χ2n) is 15.9. The molecule has 3 nitrogen and oxygen atoms in total. The Morgan fingerprint density at radius 3 is 1.78 bits per heavy atom. The summed E-state index contributed by atoms with van der Waals surface area (Å²) in [5.41, 5.74) is 14.1. The van der Waals surface area contributed by atoms with Gasteiger partial charge in [0.15, 0.2) is 0 Å². The Morgan fingerprint density at radius 1 is 0.367 bits per heavy atom.